The lowest BCUT2D eigenvalue weighted by molar-refractivity contribution is 0.174. The molecule has 3 nitrogen and oxygen atoms in total. The maximum atomic E-state index is 10.0. The number of hydrogen-bond donors (Lipinski definition) is 2. The maximum Gasteiger partial charge on any atom is 0.0991 e. The van der Waals surface area contributed by atoms with Gasteiger partial charge in [-0.2, -0.15) is 5.26 Å². The van der Waals surface area contributed by atoms with Gasteiger partial charge in [0.2, 0.25) is 0 Å². The first kappa shape index (κ1) is 14.2. The van der Waals surface area contributed by atoms with Gasteiger partial charge in [-0.25, -0.2) is 0 Å². The fourth-order valence-electron chi connectivity index (χ4n) is 1.68. The minimum atomic E-state index is -0.559. The highest BCUT2D eigenvalue weighted by Gasteiger charge is 2.07. The van der Waals surface area contributed by atoms with Crippen LogP contribution in [0, 0.1) is 11.3 Å². The molecule has 0 spiro atoms. The molecular formula is C14H13BrN2OS. The van der Waals surface area contributed by atoms with Gasteiger partial charge in [0.25, 0.3) is 0 Å². The van der Waals surface area contributed by atoms with E-state index in [1.165, 1.54) is 4.88 Å². The third-order valence-corrected chi connectivity index (χ3v) is 4.38. The number of benzene rings is 1. The van der Waals surface area contributed by atoms with Crippen LogP contribution in [-0.4, -0.2) is 11.7 Å². The first-order valence-corrected chi connectivity index (χ1v) is 7.48. The highest BCUT2D eigenvalue weighted by Crippen LogP contribution is 2.19. The van der Waals surface area contributed by atoms with Crippen molar-refractivity contribution in [2.75, 3.05) is 6.54 Å². The predicted octanol–water partition coefficient (Wildman–Crippen LogP) is 3.21. The molecule has 2 rings (SSSR count). The molecule has 0 saturated carbocycles. The van der Waals surface area contributed by atoms with Crippen LogP contribution in [-0.2, 0) is 6.54 Å². The second-order valence-corrected chi connectivity index (χ2v) is 6.02. The number of nitrogens with zero attached hydrogens (tertiary/aromatic N) is 1. The average molecular weight is 337 g/mol. The Kier molecular flexibility index (Phi) is 5.11. The average Bonchev–Trinajstić information content (AvgIpc) is 2.84. The van der Waals surface area contributed by atoms with Crippen molar-refractivity contribution >= 4 is 27.3 Å². The minimum absolute atomic E-state index is 0.488. The molecule has 19 heavy (non-hydrogen) atoms. The Balaban J connectivity index is 1.83. The van der Waals surface area contributed by atoms with E-state index in [2.05, 4.69) is 33.4 Å². The van der Waals surface area contributed by atoms with Crippen molar-refractivity contribution in [1.82, 2.24) is 5.32 Å². The van der Waals surface area contributed by atoms with Gasteiger partial charge in [0.1, 0.15) is 0 Å². The summed E-state index contributed by atoms with van der Waals surface area (Å²) in [6, 6.07) is 11.1. The molecule has 1 aromatic carbocycles. The number of rotatable bonds is 5. The Morgan fingerprint density at radius 2 is 2.11 bits per heavy atom. The zero-order chi connectivity index (χ0) is 13.7. The van der Waals surface area contributed by atoms with Crippen molar-refractivity contribution in [2.45, 2.75) is 12.6 Å². The van der Waals surface area contributed by atoms with E-state index in [1.54, 1.807) is 35.6 Å². The molecule has 0 radical (unpaired) electrons. The monoisotopic (exact) mass is 336 g/mol. The van der Waals surface area contributed by atoms with Crippen LogP contribution in [0.15, 0.2) is 40.2 Å². The Morgan fingerprint density at radius 1 is 1.37 bits per heavy atom. The lowest BCUT2D eigenvalue weighted by atomic mass is 10.1. The van der Waals surface area contributed by atoms with Crippen LogP contribution in [0.5, 0.6) is 0 Å². The SMILES string of the molecule is N#Cc1ccc(C(O)CNCc2cc(Br)cs2)cc1. The van der Waals surface area contributed by atoms with Gasteiger partial charge in [0, 0.05) is 27.8 Å². The summed E-state index contributed by atoms with van der Waals surface area (Å²) in [6.45, 7) is 1.23. The number of hydrogen-bond acceptors (Lipinski definition) is 4. The van der Waals surface area contributed by atoms with Crippen molar-refractivity contribution in [3.63, 3.8) is 0 Å². The first-order chi connectivity index (χ1) is 9.19. The summed E-state index contributed by atoms with van der Waals surface area (Å²) >= 11 is 5.09. The number of aliphatic hydroxyl groups excluding tert-OH is 1. The molecule has 0 saturated heterocycles. The van der Waals surface area contributed by atoms with Gasteiger partial charge in [-0.3, -0.25) is 0 Å². The van der Waals surface area contributed by atoms with E-state index in [4.69, 9.17) is 5.26 Å². The summed E-state index contributed by atoms with van der Waals surface area (Å²) in [5.41, 5.74) is 1.42. The molecule has 0 aliphatic heterocycles. The molecule has 2 aromatic rings. The Bertz CT molecular complexity index is 574. The van der Waals surface area contributed by atoms with E-state index in [1.807, 2.05) is 5.38 Å². The molecule has 1 aromatic heterocycles. The van der Waals surface area contributed by atoms with Crippen LogP contribution in [0.25, 0.3) is 0 Å². The van der Waals surface area contributed by atoms with Gasteiger partial charge >= 0.3 is 0 Å². The van der Waals surface area contributed by atoms with Gasteiger partial charge < -0.3 is 10.4 Å². The van der Waals surface area contributed by atoms with Gasteiger partial charge in [-0.15, -0.1) is 11.3 Å². The summed E-state index contributed by atoms with van der Waals surface area (Å²) in [5, 5.41) is 24.0. The first-order valence-electron chi connectivity index (χ1n) is 5.81. The van der Waals surface area contributed by atoms with Crippen molar-refractivity contribution in [1.29, 1.82) is 5.26 Å². The normalized spacial score (nSPS) is 12.1. The number of nitrogens with one attached hydrogen (secondary N) is 1. The van der Waals surface area contributed by atoms with Crippen molar-refractivity contribution < 1.29 is 5.11 Å². The molecule has 0 bridgehead atoms. The van der Waals surface area contributed by atoms with Gasteiger partial charge in [0.05, 0.1) is 17.7 Å². The number of halogens is 1. The molecule has 0 aliphatic carbocycles. The summed E-state index contributed by atoms with van der Waals surface area (Å²) in [4.78, 5) is 1.22. The third kappa shape index (κ3) is 4.15. The number of aliphatic hydroxyl groups is 1. The van der Waals surface area contributed by atoms with E-state index < -0.39 is 6.10 Å². The smallest absolute Gasteiger partial charge is 0.0991 e. The van der Waals surface area contributed by atoms with Crippen LogP contribution in [0.1, 0.15) is 22.1 Å². The molecule has 1 unspecified atom stereocenters. The standard InChI is InChI=1S/C14H13BrN2OS/c15-12-5-13(19-9-12)7-17-8-14(18)11-3-1-10(6-16)2-4-11/h1-5,9,14,17-18H,7-8H2. The number of nitriles is 1. The second kappa shape index (κ2) is 6.83. The fraction of sp³-hybridized carbons (Fsp3) is 0.214. The molecule has 0 aliphatic rings. The van der Waals surface area contributed by atoms with Crippen LogP contribution in [0.3, 0.4) is 0 Å². The molecule has 98 valence electrons. The molecule has 5 heteroatoms. The lowest BCUT2D eigenvalue weighted by Gasteiger charge is -2.11. The van der Waals surface area contributed by atoms with Gasteiger partial charge in [-0.1, -0.05) is 12.1 Å². The predicted molar refractivity (Wildman–Crippen MR) is 79.8 cm³/mol. The second-order valence-electron chi connectivity index (χ2n) is 4.11. The molecule has 1 heterocycles. The zero-order valence-corrected chi connectivity index (χ0v) is 12.5. The Morgan fingerprint density at radius 3 is 2.68 bits per heavy atom. The fourth-order valence-corrected chi connectivity index (χ4v) is 3.10. The maximum absolute atomic E-state index is 10.0. The highest BCUT2D eigenvalue weighted by molar-refractivity contribution is 9.10. The summed E-state index contributed by atoms with van der Waals surface area (Å²) in [6.07, 6.45) is -0.559. The molecule has 2 N–H and O–H groups in total. The highest BCUT2D eigenvalue weighted by atomic mass is 79.9. The van der Waals surface area contributed by atoms with Crippen LogP contribution >= 0.6 is 27.3 Å². The summed E-state index contributed by atoms with van der Waals surface area (Å²) in [5.74, 6) is 0. The van der Waals surface area contributed by atoms with E-state index in [0.29, 0.717) is 12.1 Å². The van der Waals surface area contributed by atoms with E-state index >= 15 is 0 Å². The van der Waals surface area contributed by atoms with Crippen molar-refractivity contribution in [2.24, 2.45) is 0 Å². The summed E-state index contributed by atoms with van der Waals surface area (Å²) in [7, 11) is 0. The number of thiophene rings is 1. The van der Waals surface area contributed by atoms with Crippen molar-refractivity contribution in [3.05, 3.63) is 56.2 Å². The molecular weight excluding hydrogens is 324 g/mol. The topological polar surface area (TPSA) is 56.0 Å². The largest absolute Gasteiger partial charge is 0.387 e. The van der Waals surface area contributed by atoms with E-state index in [0.717, 1.165) is 16.6 Å². The Labute approximate surface area is 124 Å². The van der Waals surface area contributed by atoms with E-state index in [-0.39, 0.29) is 0 Å². The molecule has 0 amide bonds. The molecule has 1 atom stereocenters. The van der Waals surface area contributed by atoms with Gasteiger partial charge in [-0.05, 0) is 39.7 Å². The Hall–Kier alpha value is -1.19. The van der Waals surface area contributed by atoms with Crippen LogP contribution in [0.4, 0.5) is 0 Å². The van der Waals surface area contributed by atoms with Crippen LogP contribution in [0.2, 0.25) is 0 Å². The van der Waals surface area contributed by atoms with Crippen molar-refractivity contribution in [3.8, 4) is 6.07 Å². The zero-order valence-electron chi connectivity index (χ0n) is 10.1. The lowest BCUT2D eigenvalue weighted by Crippen LogP contribution is -2.20. The van der Waals surface area contributed by atoms with Crippen LogP contribution < -0.4 is 5.32 Å². The quantitative estimate of drug-likeness (QED) is 0.881. The van der Waals surface area contributed by atoms with Gasteiger partial charge in [0.15, 0.2) is 0 Å². The molecule has 0 fully saturated rings. The summed E-state index contributed by atoms with van der Waals surface area (Å²) < 4.78 is 1.09. The van der Waals surface area contributed by atoms with E-state index in [9.17, 15) is 5.11 Å². The minimum Gasteiger partial charge on any atom is -0.387 e. The third-order valence-electron chi connectivity index (χ3n) is 2.68.